The summed E-state index contributed by atoms with van der Waals surface area (Å²) in [6.07, 6.45) is 5.30. The molecule has 72 valence electrons. The predicted molar refractivity (Wildman–Crippen MR) is 53.2 cm³/mol. The first-order valence-corrected chi connectivity index (χ1v) is 4.98. The lowest BCUT2D eigenvalue weighted by Crippen LogP contribution is -2.42. The molecule has 0 aromatic heterocycles. The van der Waals surface area contributed by atoms with Crippen molar-refractivity contribution in [3.05, 3.63) is 0 Å². The fourth-order valence-corrected chi connectivity index (χ4v) is 1.47. The van der Waals surface area contributed by atoms with E-state index in [-0.39, 0.29) is 5.54 Å². The van der Waals surface area contributed by atoms with E-state index in [1.54, 1.807) is 0 Å². The van der Waals surface area contributed by atoms with Gasteiger partial charge in [0.1, 0.15) is 0 Å². The second-order valence-electron chi connectivity index (χ2n) is 4.80. The van der Waals surface area contributed by atoms with E-state index < -0.39 is 0 Å². The van der Waals surface area contributed by atoms with Gasteiger partial charge in [0, 0.05) is 11.6 Å². The second-order valence-corrected chi connectivity index (χ2v) is 4.80. The van der Waals surface area contributed by atoms with Crippen LogP contribution in [0.5, 0.6) is 0 Å². The molecule has 0 unspecified atom stereocenters. The van der Waals surface area contributed by atoms with Crippen LogP contribution in [0.3, 0.4) is 0 Å². The molecule has 0 bridgehead atoms. The molecule has 1 saturated carbocycles. The Morgan fingerprint density at radius 2 is 2.00 bits per heavy atom. The summed E-state index contributed by atoms with van der Waals surface area (Å²) < 4.78 is 0. The molecule has 0 aromatic carbocycles. The van der Waals surface area contributed by atoms with Crippen LogP contribution in [-0.4, -0.2) is 30.1 Å². The molecule has 1 rings (SSSR count). The van der Waals surface area contributed by atoms with E-state index in [1.165, 1.54) is 19.3 Å². The van der Waals surface area contributed by atoms with Gasteiger partial charge in [-0.1, -0.05) is 6.42 Å². The lowest BCUT2D eigenvalue weighted by Gasteiger charge is -2.36. The fraction of sp³-hybridized carbons (Fsp3) is 1.00. The van der Waals surface area contributed by atoms with Crippen LogP contribution in [0.2, 0.25) is 0 Å². The molecule has 0 heterocycles. The van der Waals surface area contributed by atoms with Crippen LogP contribution in [0.15, 0.2) is 0 Å². The summed E-state index contributed by atoms with van der Waals surface area (Å²) in [5, 5.41) is 0. The molecule has 0 amide bonds. The Labute approximate surface area is 76.1 Å². The smallest absolute Gasteiger partial charge is 0.0109 e. The van der Waals surface area contributed by atoms with Crippen molar-refractivity contribution in [3.8, 4) is 0 Å². The van der Waals surface area contributed by atoms with Gasteiger partial charge in [-0.2, -0.15) is 0 Å². The van der Waals surface area contributed by atoms with Gasteiger partial charge in [0.25, 0.3) is 0 Å². The summed E-state index contributed by atoms with van der Waals surface area (Å²) in [7, 11) is 2.22. The maximum Gasteiger partial charge on any atom is 0.0109 e. The molecule has 0 spiro atoms. The van der Waals surface area contributed by atoms with Gasteiger partial charge in [-0.3, -0.25) is 0 Å². The monoisotopic (exact) mass is 170 g/mol. The van der Waals surface area contributed by atoms with Crippen molar-refractivity contribution in [3.63, 3.8) is 0 Å². The molecule has 2 heteroatoms. The molecule has 1 aliphatic rings. The van der Waals surface area contributed by atoms with E-state index in [0.29, 0.717) is 0 Å². The minimum Gasteiger partial charge on any atom is -0.326 e. The van der Waals surface area contributed by atoms with Crippen LogP contribution >= 0.6 is 0 Å². The summed E-state index contributed by atoms with van der Waals surface area (Å²) in [5.41, 5.74) is 5.91. The maximum absolute atomic E-state index is 5.92. The standard InChI is InChI=1S/C10H22N2/c1-10(2,11)7-8-12(3)9-5-4-6-9/h9H,4-8,11H2,1-3H3. The highest BCUT2D eigenvalue weighted by molar-refractivity contribution is 4.80. The molecule has 1 fully saturated rings. The molecule has 0 atom stereocenters. The first kappa shape index (κ1) is 10.0. The highest BCUT2D eigenvalue weighted by atomic mass is 15.1. The molecule has 12 heavy (non-hydrogen) atoms. The Balaban J connectivity index is 2.13. The van der Waals surface area contributed by atoms with E-state index in [9.17, 15) is 0 Å². The molecule has 0 saturated heterocycles. The van der Waals surface area contributed by atoms with Crippen molar-refractivity contribution in [2.24, 2.45) is 5.73 Å². The van der Waals surface area contributed by atoms with Gasteiger partial charge >= 0.3 is 0 Å². The summed E-state index contributed by atoms with van der Waals surface area (Å²) in [4.78, 5) is 2.46. The second kappa shape index (κ2) is 3.75. The Morgan fingerprint density at radius 1 is 1.42 bits per heavy atom. The molecule has 0 aromatic rings. The topological polar surface area (TPSA) is 29.3 Å². The van der Waals surface area contributed by atoms with Crippen molar-refractivity contribution in [2.75, 3.05) is 13.6 Å². The molecular formula is C10H22N2. The van der Waals surface area contributed by atoms with E-state index in [4.69, 9.17) is 5.73 Å². The van der Waals surface area contributed by atoms with Gasteiger partial charge in [0.2, 0.25) is 0 Å². The Morgan fingerprint density at radius 3 is 2.33 bits per heavy atom. The molecule has 2 N–H and O–H groups in total. The maximum atomic E-state index is 5.92. The Kier molecular flexibility index (Phi) is 3.13. The molecular weight excluding hydrogens is 148 g/mol. The van der Waals surface area contributed by atoms with Crippen molar-refractivity contribution in [1.82, 2.24) is 4.90 Å². The SMILES string of the molecule is CN(CCC(C)(C)N)C1CCC1. The van der Waals surface area contributed by atoms with Crippen LogP contribution in [0.25, 0.3) is 0 Å². The van der Waals surface area contributed by atoms with Crippen molar-refractivity contribution >= 4 is 0 Å². The van der Waals surface area contributed by atoms with Crippen LogP contribution in [0.4, 0.5) is 0 Å². The third-order valence-corrected chi connectivity index (χ3v) is 2.81. The minimum absolute atomic E-state index is 0.00198. The third-order valence-electron chi connectivity index (χ3n) is 2.81. The van der Waals surface area contributed by atoms with Gasteiger partial charge in [-0.05, 0) is 46.7 Å². The first-order chi connectivity index (χ1) is 5.49. The first-order valence-electron chi connectivity index (χ1n) is 4.98. The van der Waals surface area contributed by atoms with Crippen molar-refractivity contribution < 1.29 is 0 Å². The number of rotatable bonds is 4. The quantitative estimate of drug-likeness (QED) is 0.694. The van der Waals surface area contributed by atoms with E-state index in [0.717, 1.165) is 19.0 Å². The summed E-state index contributed by atoms with van der Waals surface area (Å²) in [6.45, 7) is 5.34. The Hall–Kier alpha value is -0.0800. The zero-order valence-electron chi connectivity index (χ0n) is 8.64. The van der Waals surface area contributed by atoms with Gasteiger partial charge in [0.05, 0.1) is 0 Å². The van der Waals surface area contributed by atoms with Crippen molar-refractivity contribution in [2.45, 2.75) is 51.1 Å². The number of hydrogen-bond donors (Lipinski definition) is 1. The van der Waals surface area contributed by atoms with Crippen LogP contribution in [0.1, 0.15) is 39.5 Å². The molecule has 0 aliphatic heterocycles. The normalized spacial score (nSPS) is 19.8. The highest BCUT2D eigenvalue weighted by Gasteiger charge is 2.22. The highest BCUT2D eigenvalue weighted by Crippen LogP contribution is 2.23. The summed E-state index contributed by atoms with van der Waals surface area (Å²) in [5.74, 6) is 0. The van der Waals surface area contributed by atoms with Gasteiger partial charge in [0.15, 0.2) is 0 Å². The van der Waals surface area contributed by atoms with Gasteiger partial charge in [-0.15, -0.1) is 0 Å². The van der Waals surface area contributed by atoms with Crippen LogP contribution in [-0.2, 0) is 0 Å². The van der Waals surface area contributed by atoms with E-state index >= 15 is 0 Å². The van der Waals surface area contributed by atoms with Crippen LogP contribution in [0, 0.1) is 0 Å². The van der Waals surface area contributed by atoms with Crippen molar-refractivity contribution in [1.29, 1.82) is 0 Å². The predicted octanol–water partition coefficient (Wildman–Crippen LogP) is 1.60. The lowest BCUT2D eigenvalue weighted by molar-refractivity contribution is 0.150. The minimum atomic E-state index is -0.00198. The Bertz CT molecular complexity index is 133. The molecule has 2 nitrogen and oxygen atoms in total. The third kappa shape index (κ3) is 3.11. The van der Waals surface area contributed by atoms with E-state index in [1.807, 2.05) is 0 Å². The molecule has 1 aliphatic carbocycles. The van der Waals surface area contributed by atoms with Gasteiger partial charge in [-0.25, -0.2) is 0 Å². The number of nitrogens with zero attached hydrogens (tertiary/aromatic N) is 1. The average molecular weight is 170 g/mol. The number of nitrogens with two attached hydrogens (primary N) is 1. The van der Waals surface area contributed by atoms with Gasteiger partial charge < -0.3 is 10.6 Å². The summed E-state index contributed by atoms with van der Waals surface area (Å²) in [6, 6.07) is 0.854. The van der Waals surface area contributed by atoms with Crippen LogP contribution < -0.4 is 5.73 Å². The lowest BCUT2D eigenvalue weighted by atomic mass is 9.91. The average Bonchev–Trinajstić information content (AvgIpc) is 1.78. The number of hydrogen-bond acceptors (Lipinski definition) is 2. The molecule has 0 radical (unpaired) electrons. The zero-order valence-corrected chi connectivity index (χ0v) is 8.64. The fourth-order valence-electron chi connectivity index (χ4n) is 1.47. The largest absolute Gasteiger partial charge is 0.326 e. The summed E-state index contributed by atoms with van der Waals surface area (Å²) >= 11 is 0. The zero-order chi connectivity index (χ0) is 9.19. The van der Waals surface area contributed by atoms with E-state index in [2.05, 4.69) is 25.8 Å².